The molecule has 0 aromatic carbocycles. The van der Waals surface area contributed by atoms with Crippen LogP contribution in [0.2, 0.25) is 0 Å². The summed E-state index contributed by atoms with van der Waals surface area (Å²) in [5.74, 6) is 0. The van der Waals surface area contributed by atoms with Crippen LogP contribution < -0.4 is 5.32 Å². The Labute approximate surface area is 75.7 Å². The number of ether oxygens (including phenoxy) is 1. The molecule has 0 aliphatic carbocycles. The molecule has 0 saturated carbocycles. The molecule has 1 N–H and O–H groups in total. The van der Waals surface area contributed by atoms with E-state index in [4.69, 9.17) is 4.74 Å². The van der Waals surface area contributed by atoms with Crippen molar-refractivity contribution in [2.24, 2.45) is 0 Å². The fourth-order valence-corrected chi connectivity index (χ4v) is 1.43. The SMILES string of the molecule is CC(C)(C)NCC1(C)CCCO1. The minimum absolute atomic E-state index is 0.0906. The third kappa shape index (κ3) is 3.11. The second-order valence-corrected chi connectivity index (χ2v) is 5.01. The summed E-state index contributed by atoms with van der Waals surface area (Å²) < 4.78 is 5.67. The van der Waals surface area contributed by atoms with Crippen molar-refractivity contribution in [3.63, 3.8) is 0 Å². The molecular formula is C10H21NO. The van der Waals surface area contributed by atoms with E-state index in [2.05, 4.69) is 33.0 Å². The number of hydrogen-bond acceptors (Lipinski definition) is 2. The molecule has 1 rings (SSSR count). The molecule has 2 heteroatoms. The smallest absolute Gasteiger partial charge is 0.0779 e. The Hall–Kier alpha value is -0.0800. The van der Waals surface area contributed by atoms with Gasteiger partial charge in [0.05, 0.1) is 5.60 Å². The largest absolute Gasteiger partial charge is 0.374 e. The first-order valence-electron chi connectivity index (χ1n) is 4.80. The maximum Gasteiger partial charge on any atom is 0.0779 e. The van der Waals surface area contributed by atoms with Crippen molar-refractivity contribution < 1.29 is 4.74 Å². The maximum atomic E-state index is 5.67. The average molecular weight is 171 g/mol. The zero-order valence-electron chi connectivity index (χ0n) is 8.74. The van der Waals surface area contributed by atoms with Gasteiger partial charge in [-0.1, -0.05) is 0 Å². The lowest BCUT2D eigenvalue weighted by atomic mass is 10.0. The van der Waals surface area contributed by atoms with E-state index in [-0.39, 0.29) is 11.1 Å². The van der Waals surface area contributed by atoms with Crippen molar-refractivity contribution in [1.29, 1.82) is 0 Å². The highest BCUT2D eigenvalue weighted by Gasteiger charge is 2.30. The van der Waals surface area contributed by atoms with Crippen molar-refractivity contribution in [2.45, 2.75) is 51.7 Å². The first-order valence-corrected chi connectivity index (χ1v) is 4.80. The topological polar surface area (TPSA) is 21.3 Å². The molecule has 1 atom stereocenters. The van der Waals surface area contributed by atoms with E-state index in [9.17, 15) is 0 Å². The summed E-state index contributed by atoms with van der Waals surface area (Å²) in [6.07, 6.45) is 2.40. The van der Waals surface area contributed by atoms with Gasteiger partial charge in [-0.2, -0.15) is 0 Å². The summed E-state index contributed by atoms with van der Waals surface area (Å²) in [6.45, 7) is 10.7. The molecule has 12 heavy (non-hydrogen) atoms. The lowest BCUT2D eigenvalue weighted by Crippen LogP contribution is -2.45. The zero-order valence-corrected chi connectivity index (χ0v) is 8.74. The van der Waals surface area contributed by atoms with Gasteiger partial charge in [0.15, 0.2) is 0 Å². The Bertz CT molecular complexity index is 142. The standard InChI is InChI=1S/C10H21NO/c1-9(2,3)11-8-10(4)6-5-7-12-10/h11H,5-8H2,1-4H3. The monoisotopic (exact) mass is 171 g/mol. The van der Waals surface area contributed by atoms with Crippen molar-refractivity contribution in [3.8, 4) is 0 Å². The van der Waals surface area contributed by atoms with E-state index in [0.717, 1.165) is 13.2 Å². The summed E-state index contributed by atoms with van der Waals surface area (Å²) in [5, 5.41) is 3.48. The Morgan fingerprint density at radius 1 is 1.42 bits per heavy atom. The summed E-state index contributed by atoms with van der Waals surface area (Å²) in [4.78, 5) is 0. The Balaban J connectivity index is 2.30. The Kier molecular flexibility index (Phi) is 2.79. The molecule has 1 saturated heterocycles. The second kappa shape index (κ2) is 3.35. The van der Waals surface area contributed by atoms with Crippen LogP contribution in [0.25, 0.3) is 0 Å². The highest BCUT2D eigenvalue weighted by molar-refractivity contribution is 4.85. The number of nitrogens with one attached hydrogen (secondary N) is 1. The van der Waals surface area contributed by atoms with E-state index in [1.807, 2.05) is 0 Å². The van der Waals surface area contributed by atoms with Crippen LogP contribution in [0, 0.1) is 0 Å². The van der Waals surface area contributed by atoms with Crippen LogP contribution in [-0.2, 0) is 4.74 Å². The van der Waals surface area contributed by atoms with E-state index < -0.39 is 0 Å². The molecule has 72 valence electrons. The third-order valence-corrected chi connectivity index (χ3v) is 2.29. The van der Waals surface area contributed by atoms with Crippen molar-refractivity contribution in [2.75, 3.05) is 13.2 Å². The molecule has 1 unspecified atom stereocenters. The highest BCUT2D eigenvalue weighted by Crippen LogP contribution is 2.24. The minimum atomic E-state index is 0.0906. The van der Waals surface area contributed by atoms with Crippen LogP contribution in [0.15, 0.2) is 0 Å². The van der Waals surface area contributed by atoms with Crippen molar-refractivity contribution >= 4 is 0 Å². The van der Waals surface area contributed by atoms with Gasteiger partial charge in [0.25, 0.3) is 0 Å². The van der Waals surface area contributed by atoms with Crippen LogP contribution in [0.5, 0.6) is 0 Å². The molecule has 0 amide bonds. The van der Waals surface area contributed by atoms with Crippen LogP contribution in [0.1, 0.15) is 40.5 Å². The predicted octanol–water partition coefficient (Wildman–Crippen LogP) is 1.94. The van der Waals surface area contributed by atoms with Gasteiger partial charge < -0.3 is 10.1 Å². The fraction of sp³-hybridized carbons (Fsp3) is 1.00. The average Bonchev–Trinajstić information content (AvgIpc) is 2.32. The van der Waals surface area contributed by atoms with Gasteiger partial charge in [0.2, 0.25) is 0 Å². The first-order chi connectivity index (χ1) is 5.41. The molecular weight excluding hydrogens is 150 g/mol. The minimum Gasteiger partial charge on any atom is -0.374 e. The van der Waals surface area contributed by atoms with Crippen LogP contribution in [0.4, 0.5) is 0 Å². The summed E-state index contributed by atoms with van der Waals surface area (Å²) in [6, 6.07) is 0. The normalized spacial score (nSPS) is 31.0. The number of rotatable bonds is 2. The molecule has 1 fully saturated rings. The van der Waals surface area contributed by atoms with Gasteiger partial charge in [-0.3, -0.25) is 0 Å². The highest BCUT2D eigenvalue weighted by atomic mass is 16.5. The second-order valence-electron chi connectivity index (χ2n) is 5.01. The lowest BCUT2D eigenvalue weighted by molar-refractivity contribution is 0.0163. The van der Waals surface area contributed by atoms with E-state index >= 15 is 0 Å². The van der Waals surface area contributed by atoms with Crippen LogP contribution >= 0.6 is 0 Å². The predicted molar refractivity (Wildman–Crippen MR) is 51.3 cm³/mol. The van der Waals surface area contributed by atoms with Gasteiger partial charge >= 0.3 is 0 Å². The van der Waals surface area contributed by atoms with Crippen molar-refractivity contribution in [1.82, 2.24) is 5.32 Å². The Morgan fingerprint density at radius 2 is 2.08 bits per heavy atom. The molecule has 1 aliphatic rings. The Morgan fingerprint density at radius 3 is 2.50 bits per heavy atom. The molecule has 1 heterocycles. The molecule has 0 radical (unpaired) electrons. The summed E-state index contributed by atoms with van der Waals surface area (Å²) in [5.41, 5.74) is 0.294. The summed E-state index contributed by atoms with van der Waals surface area (Å²) >= 11 is 0. The molecule has 0 spiro atoms. The quantitative estimate of drug-likeness (QED) is 0.685. The van der Waals surface area contributed by atoms with Crippen molar-refractivity contribution in [3.05, 3.63) is 0 Å². The zero-order chi connectivity index (χ0) is 9.24. The first kappa shape index (κ1) is 10.0. The molecule has 0 aromatic rings. The maximum absolute atomic E-state index is 5.67. The summed E-state index contributed by atoms with van der Waals surface area (Å²) in [7, 11) is 0. The van der Waals surface area contributed by atoms with E-state index in [1.165, 1.54) is 12.8 Å². The van der Waals surface area contributed by atoms with Crippen LogP contribution in [0.3, 0.4) is 0 Å². The van der Waals surface area contributed by atoms with Crippen LogP contribution in [-0.4, -0.2) is 24.3 Å². The van der Waals surface area contributed by atoms with Gasteiger partial charge in [-0.15, -0.1) is 0 Å². The fourth-order valence-electron chi connectivity index (χ4n) is 1.43. The van der Waals surface area contributed by atoms with Gasteiger partial charge in [-0.05, 0) is 40.5 Å². The van der Waals surface area contributed by atoms with E-state index in [1.54, 1.807) is 0 Å². The molecule has 2 nitrogen and oxygen atoms in total. The van der Waals surface area contributed by atoms with Gasteiger partial charge in [-0.25, -0.2) is 0 Å². The molecule has 0 aromatic heterocycles. The third-order valence-electron chi connectivity index (χ3n) is 2.29. The molecule has 1 aliphatic heterocycles. The lowest BCUT2D eigenvalue weighted by Gasteiger charge is -2.29. The molecule has 0 bridgehead atoms. The van der Waals surface area contributed by atoms with E-state index in [0.29, 0.717) is 0 Å². The number of hydrogen-bond donors (Lipinski definition) is 1. The van der Waals surface area contributed by atoms with Gasteiger partial charge in [0.1, 0.15) is 0 Å². The van der Waals surface area contributed by atoms with Gasteiger partial charge in [0, 0.05) is 18.7 Å².